The molecule has 5 rings (SSSR count). The van der Waals surface area contributed by atoms with Gasteiger partial charge in [0.15, 0.2) is 6.61 Å². The number of ether oxygens (including phenoxy) is 1. The second-order valence-electron chi connectivity index (χ2n) is 9.78. The van der Waals surface area contributed by atoms with Crippen molar-refractivity contribution >= 4 is 46.7 Å². The molecule has 0 unspecified atom stereocenters. The van der Waals surface area contributed by atoms with Gasteiger partial charge in [-0.2, -0.15) is 0 Å². The minimum Gasteiger partial charge on any atom is -0.452 e. The average Bonchev–Trinajstić information content (AvgIpc) is 3.19. The molecule has 1 aliphatic heterocycles. The number of halogens is 1. The molecule has 0 radical (unpaired) electrons. The first-order chi connectivity index (χ1) is 18.3. The van der Waals surface area contributed by atoms with E-state index in [1.54, 1.807) is 30.3 Å². The molecule has 3 atom stereocenters. The third-order valence-corrected chi connectivity index (χ3v) is 7.73. The number of benzene rings is 3. The lowest BCUT2D eigenvalue weighted by molar-refractivity contribution is -0.122. The lowest BCUT2D eigenvalue weighted by atomic mass is 9.73. The van der Waals surface area contributed by atoms with E-state index in [0.29, 0.717) is 29.2 Å². The molecular weight excluding hydrogens is 504 g/mol. The van der Waals surface area contributed by atoms with Crippen molar-refractivity contribution in [3.63, 3.8) is 0 Å². The number of amides is 3. The molecule has 1 aliphatic carbocycles. The predicted molar refractivity (Wildman–Crippen MR) is 144 cm³/mol. The second-order valence-corrected chi connectivity index (χ2v) is 10.2. The Morgan fingerprint density at radius 3 is 2.47 bits per heavy atom. The Labute approximate surface area is 225 Å². The molecule has 2 aliphatic rings. The highest BCUT2D eigenvalue weighted by Gasteiger charge is 2.50. The summed E-state index contributed by atoms with van der Waals surface area (Å²) >= 11 is 6.08. The Balaban J connectivity index is 1.24. The van der Waals surface area contributed by atoms with E-state index in [0.717, 1.165) is 12.0 Å². The van der Waals surface area contributed by atoms with Gasteiger partial charge in [-0.15, -0.1) is 0 Å². The molecule has 3 aromatic rings. The van der Waals surface area contributed by atoms with Crippen molar-refractivity contribution in [1.82, 2.24) is 0 Å². The van der Waals surface area contributed by atoms with Crippen LogP contribution in [-0.4, -0.2) is 30.3 Å². The van der Waals surface area contributed by atoms with Gasteiger partial charge >= 0.3 is 5.97 Å². The molecule has 194 valence electrons. The molecule has 3 amide bonds. The molecule has 1 saturated carbocycles. The Morgan fingerprint density at radius 1 is 0.947 bits per heavy atom. The summed E-state index contributed by atoms with van der Waals surface area (Å²) in [5, 5.41) is 3.14. The third-order valence-electron chi connectivity index (χ3n) is 7.33. The number of carbonyl (C=O) groups excluding carboxylic acids is 4. The van der Waals surface area contributed by atoms with Crippen LogP contribution in [0.1, 0.15) is 46.7 Å². The largest absolute Gasteiger partial charge is 0.452 e. The van der Waals surface area contributed by atoms with Crippen LogP contribution in [0.3, 0.4) is 0 Å². The number of nitrogens with one attached hydrogen (secondary N) is 1. The Morgan fingerprint density at radius 2 is 1.71 bits per heavy atom. The van der Waals surface area contributed by atoms with E-state index in [4.69, 9.17) is 16.3 Å². The van der Waals surface area contributed by atoms with E-state index in [2.05, 4.69) is 17.4 Å². The van der Waals surface area contributed by atoms with Crippen LogP contribution in [0.2, 0.25) is 5.02 Å². The molecule has 1 heterocycles. The Kier molecular flexibility index (Phi) is 7.29. The fourth-order valence-electron chi connectivity index (χ4n) is 5.32. The number of hydrogen-bond donors (Lipinski definition) is 1. The highest BCUT2D eigenvalue weighted by molar-refractivity contribution is 6.31. The van der Waals surface area contributed by atoms with E-state index < -0.39 is 18.5 Å². The summed E-state index contributed by atoms with van der Waals surface area (Å²) in [6, 6.07) is 21.4. The van der Waals surface area contributed by atoms with Crippen molar-refractivity contribution in [2.45, 2.75) is 32.1 Å². The van der Waals surface area contributed by atoms with Crippen molar-refractivity contribution in [2.75, 3.05) is 16.8 Å². The predicted octanol–water partition coefficient (Wildman–Crippen LogP) is 5.52. The van der Waals surface area contributed by atoms with E-state index in [9.17, 15) is 19.2 Å². The molecule has 0 spiro atoms. The van der Waals surface area contributed by atoms with Gasteiger partial charge < -0.3 is 10.1 Å². The van der Waals surface area contributed by atoms with Crippen molar-refractivity contribution < 1.29 is 23.9 Å². The van der Waals surface area contributed by atoms with Gasteiger partial charge in [0.2, 0.25) is 11.8 Å². The van der Waals surface area contributed by atoms with Crippen LogP contribution in [0.15, 0.2) is 72.8 Å². The van der Waals surface area contributed by atoms with E-state index in [-0.39, 0.29) is 35.1 Å². The number of rotatable bonds is 6. The monoisotopic (exact) mass is 530 g/mol. The molecule has 7 nitrogen and oxygen atoms in total. The minimum atomic E-state index is -0.732. The number of esters is 1. The summed E-state index contributed by atoms with van der Waals surface area (Å²) in [5.41, 5.74) is 3.03. The summed E-state index contributed by atoms with van der Waals surface area (Å²) in [7, 11) is 0. The molecule has 1 N–H and O–H groups in total. The quantitative estimate of drug-likeness (QED) is 0.335. The smallest absolute Gasteiger partial charge is 0.338 e. The van der Waals surface area contributed by atoms with Crippen LogP contribution in [0.4, 0.5) is 11.4 Å². The molecule has 3 aromatic carbocycles. The fourth-order valence-corrected chi connectivity index (χ4v) is 5.50. The highest BCUT2D eigenvalue weighted by atomic mass is 35.5. The maximum Gasteiger partial charge on any atom is 0.338 e. The fraction of sp³-hybridized carbons (Fsp3) is 0.267. The van der Waals surface area contributed by atoms with Crippen molar-refractivity contribution in [3.05, 3.63) is 94.5 Å². The molecule has 8 heteroatoms. The van der Waals surface area contributed by atoms with Crippen LogP contribution in [-0.2, 0) is 19.1 Å². The summed E-state index contributed by atoms with van der Waals surface area (Å²) < 4.78 is 5.17. The van der Waals surface area contributed by atoms with Crippen LogP contribution in [0, 0.1) is 18.8 Å². The van der Waals surface area contributed by atoms with Crippen molar-refractivity contribution in [2.24, 2.45) is 11.8 Å². The molecule has 1 saturated heterocycles. The Bertz CT molecular complexity index is 1410. The van der Waals surface area contributed by atoms with Crippen LogP contribution in [0.25, 0.3) is 0 Å². The van der Waals surface area contributed by atoms with Gasteiger partial charge in [-0.05, 0) is 73.6 Å². The average molecular weight is 531 g/mol. The first-order valence-electron chi connectivity index (χ1n) is 12.6. The molecule has 38 heavy (non-hydrogen) atoms. The van der Waals surface area contributed by atoms with Gasteiger partial charge in [0.25, 0.3) is 5.91 Å². The lowest BCUT2D eigenvalue weighted by Gasteiger charge is -2.28. The third kappa shape index (κ3) is 5.20. The van der Waals surface area contributed by atoms with Crippen LogP contribution >= 0.6 is 11.6 Å². The highest BCUT2D eigenvalue weighted by Crippen LogP contribution is 2.45. The summed E-state index contributed by atoms with van der Waals surface area (Å²) in [6.07, 6.45) is 2.12. The number of fused-ring (bicyclic) bond motifs is 1. The van der Waals surface area contributed by atoms with Gasteiger partial charge in [0.1, 0.15) is 0 Å². The second kappa shape index (κ2) is 10.8. The van der Waals surface area contributed by atoms with Gasteiger partial charge in [0.05, 0.1) is 23.1 Å². The molecule has 0 aromatic heterocycles. The van der Waals surface area contributed by atoms with E-state index >= 15 is 0 Å². The Hall–Kier alpha value is -3.97. The standard InChI is InChI=1S/C30H27ClN2O5/c1-18-10-12-22(16-26(18)31)32-27(34)17-38-30(37)21-8-5-9-23(14-21)33-28(35)24-13-11-20(15-25(24)29(33)36)19-6-3-2-4-7-19/h2-10,12,14,16,20,24-25H,11,13,15,17H2,1H3,(H,32,34)/t20-,24-,25+/m1/s1. The molecule has 0 bridgehead atoms. The molecular formula is C30H27ClN2O5. The number of carbonyl (C=O) groups is 4. The normalized spacial score (nSPS) is 20.7. The minimum absolute atomic E-state index is 0.145. The van der Waals surface area contributed by atoms with E-state index in [1.165, 1.54) is 22.6 Å². The van der Waals surface area contributed by atoms with Crippen molar-refractivity contribution in [1.29, 1.82) is 0 Å². The molecule has 2 fully saturated rings. The van der Waals surface area contributed by atoms with E-state index in [1.807, 2.05) is 25.1 Å². The zero-order chi connectivity index (χ0) is 26.8. The van der Waals surface area contributed by atoms with Crippen molar-refractivity contribution in [3.8, 4) is 0 Å². The maximum atomic E-state index is 13.4. The summed E-state index contributed by atoms with van der Waals surface area (Å²) in [4.78, 5) is 52.7. The van der Waals surface area contributed by atoms with Gasteiger partial charge in [0, 0.05) is 10.7 Å². The first-order valence-corrected chi connectivity index (χ1v) is 13.0. The number of imide groups is 1. The zero-order valence-electron chi connectivity index (χ0n) is 20.9. The van der Waals surface area contributed by atoms with Gasteiger partial charge in [-0.25, -0.2) is 4.79 Å². The number of nitrogens with zero attached hydrogens (tertiary/aromatic N) is 1. The lowest BCUT2D eigenvalue weighted by Crippen LogP contribution is -2.31. The number of anilines is 2. The summed E-state index contributed by atoms with van der Waals surface area (Å²) in [6.45, 7) is 1.35. The number of hydrogen-bond acceptors (Lipinski definition) is 5. The maximum absolute atomic E-state index is 13.4. The van der Waals surface area contributed by atoms with Crippen LogP contribution < -0.4 is 10.2 Å². The SMILES string of the molecule is Cc1ccc(NC(=O)COC(=O)c2cccc(N3C(=O)[C@H]4C[C@H](c5ccccc5)CC[C@H]4C3=O)c2)cc1Cl. The van der Waals surface area contributed by atoms with Crippen LogP contribution in [0.5, 0.6) is 0 Å². The van der Waals surface area contributed by atoms with Gasteiger partial charge in [-0.1, -0.05) is 54.1 Å². The first kappa shape index (κ1) is 25.7. The van der Waals surface area contributed by atoms with Gasteiger partial charge in [-0.3, -0.25) is 19.3 Å². The number of aryl methyl sites for hydroxylation is 1. The zero-order valence-corrected chi connectivity index (χ0v) is 21.6. The topological polar surface area (TPSA) is 92.8 Å². The summed E-state index contributed by atoms with van der Waals surface area (Å²) in [5.74, 6) is -2.21.